The lowest BCUT2D eigenvalue weighted by Gasteiger charge is -2.17. The lowest BCUT2D eigenvalue weighted by atomic mass is 10.3. The summed E-state index contributed by atoms with van der Waals surface area (Å²) in [6.07, 6.45) is 2.37. The molecule has 132 valence electrons. The Balaban J connectivity index is 1.48. The van der Waals surface area contributed by atoms with Crippen LogP contribution in [0.25, 0.3) is 0 Å². The number of likely N-dealkylation sites (tertiary alicyclic amines) is 1. The molecule has 1 aromatic carbocycles. The number of hydrogen-bond donors (Lipinski definition) is 2. The maximum absolute atomic E-state index is 12.3. The summed E-state index contributed by atoms with van der Waals surface area (Å²) in [5, 5.41) is 5.69. The minimum atomic E-state index is -0.169. The van der Waals surface area contributed by atoms with Crippen LogP contribution in [0.15, 0.2) is 47.1 Å². The average Bonchev–Trinajstić information content (AvgIpc) is 3.25. The molecule has 0 unspecified atom stereocenters. The van der Waals surface area contributed by atoms with Crippen LogP contribution in [-0.4, -0.2) is 36.0 Å². The number of furan rings is 1. The molecule has 3 amide bonds. The third-order valence-electron chi connectivity index (χ3n) is 3.95. The van der Waals surface area contributed by atoms with Gasteiger partial charge < -0.3 is 24.7 Å². The number of nitrogens with one attached hydrogen (secondary N) is 2. The van der Waals surface area contributed by atoms with E-state index in [1.165, 1.54) is 6.92 Å². The molecule has 3 rings (SSSR count). The highest BCUT2D eigenvalue weighted by Gasteiger charge is 2.26. The van der Waals surface area contributed by atoms with Crippen molar-refractivity contribution < 1.29 is 18.7 Å². The van der Waals surface area contributed by atoms with Crippen molar-refractivity contribution >= 4 is 17.6 Å². The molecule has 0 radical (unpaired) electrons. The standard InChI is InChI=1S/C18H21N3O4/c1-13(22)19-15-8-9-21(11-15)18(23)20-14-4-6-16(7-5-14)25-12-17-3-2-10-24-17/h2-7,10,15H,8-9,11-12H2,1H3,(H,19,22)(H,20,23)/t15-/m0/s1. The molecule has 1 saturated heterocycles. The number of amides is 3. The zero-order chi connectivity index (χ0) is 17.6. The zero-order valence-corrected chi connectivity index (χ0v) is 14.0. The second-order valence-electron chi connectivity index (χ2n) is 5.95. The van der Waals surface area contributed by atoms with Crippen molar-refractivity contribution in [3.05, 3.63) is 48.4 Å². The Bertz CT molecular complexity index is 712. The number of hydrogen-bond acceptors (Lipinski definition) is 4. The van der Waals surface area contributed by atoms with E-state index >= 15 is 0 Å². The number of anilines is 1. The van der Waals surface area contributed by atoms with Gasteiger partial charge in [0.15, 0.2) is 0 Å². The van der Waals surface area contributed by atoms with Gasteiger partial charge in [0.05, 0.1) is 6.26 Å². The number of benzene rings is 1. The van der Waals surface area contributed by atoms with E-state index < -0.39 is 0 Å². The Labute approximate surface area is 145 Å². The number of nitrogens with zero attached hydrogens (tertiary/aromatic N) is 1. The maximum atomic E-state index is 12.3. The Kier molecular flexibility index (Phi) is 5.23. The third kappa shape index (κ3) is 4.76. The molecule has 1 aliphatic rings. The van der Waals surface area contributed by atoms with Gasteiger partial charge in [-0.2, -0.15) is 0 Å². The number of carbonyl (C=O) groups is 2. The third-order valence-corrected chi connectivity index (χ3v) is 3.95. The van der Waals surface area contributed by atoms with Gasteiger partial charge in [-0.05, 0) is 42.8 Å². The van der Waals surface area contributed by atoms with Crippen LogP contribution in [0.1, 0.15) is 19.1 Å². The minimum absolute atomic E-state index is 0.0284. The van der Waals surface area contributed by atoms with Gasteiger partial charge in [0.2, 0.25) is 5.91 Å². The molecule has 1 atom stereocenters. The minimum Gasteiger partial charge on any atom is -0.486 e. The van der Waals surface area contributed by atoms with Crippen LogP contribution in [0.3, 0.4) is 0 Å². The Hall–Kier alpha value is -2.96. The summed E-state index contributed by atoms with van der Waals surface area (Å²) in [5.41, 5.74) is 0.693. The number of carbonyl (C=O) groups excluding carboxylic acids is 2. The molecule has 0 spiro atoms. The van der Waals surface area contributed by atoms with E-state index in [4.69, 9.17) is 9.15 Å². The topological polar surface area (TPSA) is 83.8 Å². The lowest BCUT2D eigenvalue weighted by molar-refractivity contribution is -0.119. The van der Waals surface area contributed by atoms with Crippen LogP contribution in [0.2, 0.25) is 0 Å². The van der Waals surface area contributed by atoms with Gasteiger partial charge in [0.1, 0.15) is 18.1 Å². The first-order chi connectivity index (χ1) is 12.1. The van der Waals surface area contributed by atoms with E-state index in [2.05, 4.69) is 10.6 Å². The van der Waals surface area contributed by atoms with E-state index in [0.29, 0.717) is 31.1 Å². The van der Waals surface area contributed by atoms with Crippen LogP contribution in [0.4, 0.5) is 10.5 Å². The quantitative estimate of drug-likeness (QED) is 0.874. The first-order valence-electron chi connectivity index (χ1n) is 8.18. The van der Waals surface area contributed by atoms with E-state index in [1.807, 2.05) is 12.1 Å². The summed E-state index contributed by atoms with van der Waals surface area (Å²) < 4.78 is 10.8. The van der Waals surface area contributed by atoms with Crippen LogP contribution in [0, 0.1) is 0 Å². The molecule has 1 aliphatic heterocycles. The van der Waals surface area contributed by atoms with Crippen molar-refractivity contribution in [3.63, 3.8) is 0 Å². The summed E-state index contributed by atoms with van der Waals surface area (Å²) in [6, 6.07) is 10.7. The maximum Gasteiger partial charge on any atom is 0.321 e. The van der Waals surface area contributed by atoms with E-state index in [1.54, 1.807) is 35.4 Å². The van der Waals surface area contributed by atoms with Crippen molar-refractivity contribution in [3.8, 4) is 5.75 Å². The largest absolute Gasteiger partial charge is 0.486 e. The smallest absolute Gasteiger partial charge is 0.321 e. The van der Waals surface area contributed by atoms with Gasteiger partial charge in [-0.25, -0.2) is 4.79 Å². The van der Waals surface area contributed by atoms with Crippen molar-refractivity contribution in [1.29, 1.82) is 0 Å². The Morgan fingerprint density at radius 2 is 2.08 bits per heavy atom. The van der Waals surface area contributed by atoms with Crippen LogP contribution < -0.4 is 15.4 Å². The van der Waals surface area contributed by atoms with Crippen LogP contribution in [-0.2, 0) is 11.4 Å². The van der Waals surface area contributed by atoms with Crippen molar-refractivity contribution in [1.82, 2.24) is 10.2 Å². The zero-order valence-electron chi connectivity index (χ0n) is 14.0. The van der Waals surface area contributed by atoms with Crippen LogP contribution in [0.5, 0.6) is 5.75 Å². The first-order valence-corrected chi connectivity index (χ1v) is 8.18. The van der Waals surface area contributed by atoms with Gasteiger partial charge >= 0.3 is 6.03 Å². The van der Waals surface area contributed by atoms with Gasteiger partial charge in [0, 0.05) is 31.7 Å². The Morgan fingerprint density at radius 1 is 1.28 bits per heavy atom. The van der Waals surface area contributed by atoms with Gasteiger partial charge in [-0.3, -0.25) is 4.79 Å². The fourth-order valence-electron chi connectivity index (χ4n) is 2.74. The van der Waals surface area contributed by atoms with Gasteiger partial charge in [0.25, 0.3) is 0 Å². The van der Waals surface area contributed by atoms with Crippen molar-refractivity contribution in [2.75, 3.05) is 18.4 Å². The summed E-state index contributed by atoms with van der Waals surface area (Å²) in [4.78, 5) is 25.0. The lowest BCUT2D eigenvalue weighted by Crippen LogP contribution is -2.38. The molecule has 7 heteroatoms. The SMILES string of the molecule is CC(=O)N[C@H]1CCN(C(=O)Nc2ccc(OCc3ccco3)cc2)C1. The summed E-state index contributed by atoms with van der Waals surface area (Å²) >= 11 is 0. The second kappa shape index (κ2) is 7.74. The van der Waals surface area contributed by atoms with Crippen LogP contribution >= 0.6 is 0 Å². The van der Waals surface area contributed by atoms with E-state index in [-0.39, 0.29) is 18.0 Å². The molecule has 2 N–H and O–H groups in total. The normalized spacial score (nSPS) is 16.5. The number of ether oxygens (including phenoxy) is 1. The molecular weight excluding hydrogens is 322 g/mol. The summed E-state index contributed by atoms with van der Waals surface area (Å²) in [5.74, 6) is 1.37. The molecule has 1 fully saturated rings. The second-order valence-corrected chi connectivity index (χ2v) is 5.95. The van der Waals surface area contributed by atoms with Crippen molar-refractivity contribution in [2.24, 2.45) is 0 Å². The molecule has 25 heavy (non-hydrogen) atoms. The Morgan fingerprint density at radius 3 is 2.76 bits per heavy atom. The molecule has 0 bridgehead atoms. The fraction of sp³-hybridized carbons (Fsp3) is 0.333. The molecule has 7 nitrogen and oxygen atoms in total. The van der Waals surface area contributed by atoms with Gasteiger partial charge in [-0.15, -0.1) is 0 Å². The number of rotatable bonds is 5. The predicted molar refractivity (Wildman–Crippen MR) is 92.3 cm³/mol. The number of urea groups is 1. The molecule has 0 saturated carbocycles. The highest BCUT2D eigenvalue weighted by atomic mass is 16.5. The highest BCUT2D eigenvalue weighted by Crippen LogP contribution is 2.18. The first kappa shape index (κ1) is 16.9. The summed E-state index contributed by atoms with van der Waals surface area (Å²) in [6.45, 7) is 2.99. The molecule has 0 aliphatic carbocycles. The van der Waals surface area contributed by atoms with Gasteiger partial charge in [-0.1, -0.05) is 0 Å². The van der Waals surface area contributed by atoms with E-state index in [0.717, 1.165) is 12.2 Å². The fourth-order valence-corrected chi connectivity index (χ4v) is 2.74. The van der Waals surface area contributed by atoms with Crippen molar-refractivity contribution in [2.45, 2.75) is 26.0 Å². The molecule has 2 aromatic rings. The molecule has 2 heterocycles. The highest BCUT2D eigenvalue weighted by molar-refractivity contribution is 5.89. The molecular formula is C18H21N3O4. The summed E-state index contributed by atoms with van der Waals surface area (Å²) in [7, 11) is 0. The monoisotopic (exact) mass is 343 g/mol. The van der Waals surface area contributed by atoms with E-state index in [9.17, 15) is 9.59 Å². The average molecular weight is 343 g/mol. The predicted octanol–water partition coefficient (Wildman–Crippen LogP) is 2.60. The molecule has 1 aromatic heterocycles.